The highest BCUT2D eigenvalue weighted by atomic mass is 16.3. The van der Waals surface area contributed by atoms with Gasteiger partial charge in [-0.05, 0) is 31.1 Å². The summed E-state index contributed by atoms with van der Waals surface area (Å²) in [6.45, 7) is 6.43. The fourth-order valence-corrected chi connectivity index (χ4v) is 1.98. The van der Waals surface area contributed by atoms with Crippen molar-refractivity contribution in [2.24, 2.45) is 11.8 Å². The number of hydrogen-bond donors (Lipinski definition) is 1. The Labute approximate surface area is 69.8 Å². The summed E-state index contributed by atoms with van der Waals surface area (Å²) in [4.78, 5) is 0. The fraction of sp³-hybridized carbons (Fsp3) is 1.00. The Hall–Kier alpha value is -0.0400. The molecule has 0 aromatic heterocycles. The normalized spacial score (nSPS) is 26.2. The van der Waals surface area contributed by atoms with Gasteiger partial charge in [0.05, 0.1) is 5.60 Å². The van der Waals surface area contributed by atoms with Crippen molar-refractivity contribution in [1.82, 2.24) is 0 Å². The van der Waals surface area contributed by atoms with Gasteiger partial charge in [-0.2, -0.15) is 0 Å². The van der Waals surface area contributed by atoms with Crippen LogP contribution in [0, 0.1) is 11.8 Å². The summed E-state index contributed by atoms with van der Waals surface area (Å²) >= 11 is 0. The van der Waals surface area contributed by atoms with E-state index in [-0.39, 0.29) is 5.60 Å². The minimum atomic E-state index is -0.339. The molecule has 1 fully saturated rings. The highest BCUT2D eigenvalue weighted by Crippen LogP contribution is 2.46. The topological polar surface area (TPSA) is 20.2 Å². The largest absolute Gasteiger partial charge is 0.389 e. The molecule has 1 saturated carbocycles. The number of rotatable bonds is 4. The molecule has 0 amide bonds. The molecule has 1 aliphatic rings. The highest BCUT2D eigenvalue weighted by Gasteiger charge is 2.45. The third-order valence-electron chi connectivity index (χ3n) is 3.32. The number of hydrogen-bond acceptors (Lipinski definition) is 1. The van der Waals surface area contributed by atoms with Gasteiger partial charge in [-0.25, -0.2) is 0 Å². The molecular weight excluding hydrogens is 136 g/mol. The molecule has 0 bridgehead atoms. The fourth-order valence-electron chi connectivity index (χ4n) is 1.98. The lowest BCUT2D eigenvalue weighted by Crippen LogP contribution is -2.37. The van der Waals surface area contributed by atoms with Crippen LogP contribution in [0.15, 0.2) is 0 Å². The van der Waals surface area contributed by atoms with Crippen LogP contribution in [0.3, 0.4) is 0 Å². The van der Waals surface area contributed by atoms with Gasteiger partial charge >= 0.3 is 0 Å². The maximum absolute atomic E-state index is 10.2. The third kappa shape index (κ3) is 1.58. The molecule has 1 rings (SSSR count). The first-order valence-corrected chi connectivity index (χ1v) is 4.87. The van der Waals surface area contributed by atoms with Gasteiger partial charge in [-0.15, -0.1) is 0 Å². The van der Waals surface area contributed by atoms with E-state index in [1.54, 1.807) is 0 Å². The molecule has 11 heavy (non-hydrogen) atoms. The van der Waals surface area contributed by atoms with Crippen LogP contribution in [0.2, 0.25) is 0 Å². The standard InChI is InChI=1S/C10H20O/c1-4-8(3)10(11,5-2)9-6-7-9/h8-9,11H,4-7H2,1-3H3. The monoisotopic (exact) mass is 156 g/mol. The Balaban J connectivity index is 2.56. The zero-order chi connectivity index (χ0) is 8.48. The smallest absolute Gasteiger partial charge is 0.0698 e. The molecule has 0 spiro atoms. The molecule has 0 radical (unpaired) electrons. The van der Waals surface area contributed by atoms with Crippen LogP contribution >= 0.6 is 0 Å². The molecule has 2 unspecified atom stereocenters. The van der Waals surface area contributed by atoms with Crippen molar-refractivity contribution in [3.63, 3.8) is 0 Å². The molecular formula is C10H20O. The molecule has 0 aliphatic heterocycles. The predicted octanol–water partition coefficient (Wildman–Crippen LogP) is 2.58. The van der Waals surface area contributed by atoms with E-state index in [1.165, 1.54) is 12.8 Å². The van der Waals surface area contributed by atoms with Crippen LogP contribution < -0.4 is 0 Å². The lowest BCUT2D eigenvalue weighted by molar-refractivity contribution is -0.0374. The van der Waals surface area contributed by atoms with Crippen molar-refractivity contribution < 1.29 is 5.11 Å². The molecule has 1 heteroatoms. The lowest BCUT2D eigenvalue weighted by Gasteiger charge is -2.33. The van der Waals surface area contributed by atoms with E-state index >= 15 is 0 Å². The van der Waals surface area contributed by atoms with Gasteiger partial charge in [0.25, 0.3) is 0 Å². The van der Waals surface area contributed by atoms with E-state index < -0.39 is 0 Å². The van der Waals surface area contributed by atoms with E-state index in [9.17, 15) is 5.11 Å². The predicted molar refractivity (Wildman–Crippen MR) is 47.4 cm³/mol. The van der Waals surface area contributed by atoms with Crippen molar-refractivity contribution in [3.05, 3.63) is 0 Å². The summed E-state index contributed by atoms with van der Waals surface area (Å²) in [5.74, 6) is 1.09. The summed E-state index contributed by atoms with van der Waals surface area (Å²) in [7, 11) is 0. The van der Waals surface area contributed by atoms with E-state index in [1.807, 2.05) is 0 Å². The third-order valence-corrected chi connectivity index (χ3v) is 3.32. The maximum Gasteiger partial charge on any atom is 0.0698 e. The first-order chi connectivity index (χ1) is 5.15. The average molecular weight is 156 g/mol. The zero-order valence-electron chi connectivity index (χ0n) is 7.93. The Morgan fingerprint density at radius 1 is 1.45 bits per heavy atom. The molecule has 0 aromatic carbocycles. The second kappa shape index (κ2) is 3.14. The van der Waals surface area contributed by atoms with Crippen molar-refractivity contribution in [2.75, 3.05) is 0 Å². The second-order valence-corrected chi connectivity index (χ2v) is 3.93. The van der Waals surface area contributed by atoms with Gasteiger partial charge in [0.2, 0.25) is 0 Å². The van der Waals surface area contributed by atoms with Crippen LogP contribution in [0.5, 0.6) is 0 Å². The molecule has 0 aromatic rings. The van der Waals surface area contributed by atoms with Crippen LogP contribution in [-0.4, -0.2) is 10.7 Å². The van der Waals surface area contributed by atoms with E-state index in [2.05, 4.69) is 20.8 Å². The molecule has 2 atom stereocenters. The Bertz CT molecular complexity index is 129. The van der Waals surface area contributed by atoms with Crippen molar-refractivity contribution in [2.45, 2.75) is 52.1 Å². The first-order valence-electron chi connectivity index (χ1n) is 4.87. The van der Waals surface area contributed by atoms with E-state index in [4.69, 9.17) is 0 Å². The zero-order valence-corrected chi connectivity index (χ0v) is 7.93. The summed E-state index contributed by atoms with van der Waals surface area (Å²) < 4.78 is 0. The Morgan fingerprint density at radius 2 is 2.00 bits per heavy atom. The van der Waals surface area contributed by atoms with E-state index in [0.29, 0.717) is 11.8 Å². The molecule has 0 saturated heterocycles. The van der Waals surface area contributed by atoms with Crippen LogP contribution in [0.4, 0.5) is 0 Å². The average Bonchev–Trinajstić information content (AvgIpc) is 2.84. The van der Waals surface area contributed by atoms with Crippen molar-refractivity contribution in [3.8, 4) is 0 Å². The highest BCUT2D eigenvalue weighted by molar-refractivity contribution is 4.96. The van der Waals surface area contributed by atoms with Crippen LogP contribution in [0.25, 0.3) is 0 Å². The molecule has 0 heterocycles. The Kier molecular flexibility index (Phi) is 2.58. The van der Waals surface area contributed by atoms with Crippen molar-refractivity contribution >= 4 is 0 Å². The van der Waals surface area contributed by atoms with Gasteiger partial charge in [0.15, 0.2) is 0 Å². The first kappa shape index (κ1) is 9.05. The summed E-state index contributed by atoms with van der Waals surface area (Å²) in [6, 6.07) is 0. The van der Waals surface area contributed by atoms with Crippen LogP contribution in [0.1, 0.15) is 46.5 Å². The number of aliphatic hydroxyl groups is 1. The second-order valence-electron chi connectivity index (χ2n) is 3.93. The molecule has 1 nitrogen and oxygen atoms in total. The summed E-state index contributed by atoms with van der Waals surface area (Å²) in [5.41, 5.74) is -0.339. The SMILES string of the molecule is CCC(C)C(O)(CC)C1CC1. The van der Waals surface area contributed by atoms with Gasteiger partial charge in [0.1, 0.15) is 0 Å². The van der Waals surface area contributed by atoms with Crippen molar-refractivity contribution in [1.29, 1.82) is 0 Å². The minimum Gasteiger partial charge on any atom is -0.389 e. The molecule has 66 valence electrons. The van der Waals surface area contributed by atoms with Gasteiger partial charge in [-0.1, -0.05) is 27.2 Å². The van der Waals surface area contributed by atoms with Gasteiger partial charge in [0, 0.05) is 0 Å². The summed E-state index contributed by atoms with van der Waals surface area (Å²) in [6.07, 6.45) is 4.51. The summed E-state index contributed by atoms with van der Waals surface area (Å²) in [5, 5.41) is 10.2. The van der Waals surface area contributed by atoms with Gasteiger partial charge in [-0.3, -0.25) is 0 Å². The van der Waals surface area contributed by atoms with E-state index in [0.717, 1.165) is 12.8 Å². The van der Waals surface area contributed by atoms with Crippen LogP contribution in [-0.2, 0) is 0 Å². The van der Waals surface area contributed by atoms with Gasteiger partial charge < -0.3 is 5.11 Å². The quantitative estimate of drug-likeness (QED) is 0.663. The lowest BCUT2D eigenvalue weighted by atomic mass is 9.80. The Morgan fingerprint density at radius 3 is 2.27 bits per heavy atom. The molecule has 1 aliphatic carbocycles. The molecule has 1 N–H and O–H groups in total. The maximum atomic E-state index is 10.2. The minimum absolute atomic E-state index is 0.339.